The van der Waals surface area contributed by atoms with Gasteiger partial charge in [-0.25, -0.2) is 9.59 Å². The van der Waals surface area contributed by atoms with Crippen LogP contribution in [0.15, 0.2) is 81.1 Å². The summed E-state index contributed by atoms with van der Waals surface area (Å²) < 4.78 is 16.8. The summed E-state index contributed by atoms with van der Waals surface area (Å²) in [5.41, 5.74) is -0.846. The summed E-state index contributed by atoms with van der Waals surface area (Å²) in [6.45, 7) is 1.74. The second-order valence-corrected chi connectivity index (χ2v) is 9.79. The number of amides is 2. The van der Waals surface area contributed by atoms with Crippen molar-refractivity contribution in [1.82, 2.24) is 10.2 Å². The second-order valence-electron chi connectivity index (χ2n) is 8.72. The fraction of sp³-hybridized carbons (Fsp3) is 0.259. The highest BCUT2D eigenvalue weighted by molar-refractivity contribution is 8.00. The van der Waals surface area contributed by atoms with E-state index in [1.54, 1.807) is 43.3 Å². The molecule has 1 aromatic heterocycles. The van der Waals surface area contributed by atoms with E-state index < -0.39 is 34.5 Å². The van der Waals surface area contributed by atoms with Gasteiger partial charge in [0.15, 0.2) is 0 Å². The van der Waals surface area contributed by atoms with Gasteiger partial charge in [-0.15, -0.1) is 11.8 Å². The monoisotopic (exact) mass is 536 g/mol. The van der Waals surface area contributed by atoms with Crippen molar-refractivity contribution in [2.75, 3.05) is 19.0 Å². The second kappa shape index (κ2) is 10.3. The lowest BCUT2D eigenvalue weighted by molar-refractivity contribution is -0.197. The summed E-state index contributed by atoms with van der Waals surface area (Å²) in [4.78, 5) is 51.2. The smallest absolute Gasteiger partial charge is 0.352 e. The first-order chi connectivity index (χ1) is 18.3. The van der Waals surface area contributed by atoms with Gasteiger partial charge in [-0.3, -0.25) is 14.5 Å². The quantitative estimate of drug-likeness (QED) is 0.240. The predicted octanol–water partition coefficient (Wildman–Crippen LogP) is 2.52. The van der Waals surface area contributed by atoms with E-state index in [9.17, 15) is 24.3 Å². The topological polar surface area (TPSA) is 135 Å². The van der Waals surface area contributed by atoms with E-state index in [-0.39, 0.29) is 31.1 Å². The molecule has 0 unspecified atom stereocenters. The molecule has 2 N–H and O–H groups in total. The van der Waals surface area contributed by atoms with Crippen LogP contribution in [0.5, 0.6) is 5.75 Å². The van der Waals surface area contributed by atoms with Gasteiger partial charge in [-0.05, 0) is 30.7 Å². The van der Waals surface area contributed by atoms with Crippen LogP contribution in [0.25, 0.3) is 11.0 Å². The first-order valence-electron chi connectivity index (χ1n) is 11.9. The number of benzene rings is 2. The maximum absolute atomic E-state index is 13.4. The average molecular weight is 537 g/mol. The Balaban J connectivity index is 1.36. The van der Waals surface area contributed by atoms with Crippen LogP contribution in [0.3, 0.4) is 0 Å². The van der Waals surface area contributed by atoms with Crippen LogP contribution >= 0.6 is 11.8 Å². The Hall–Kier alpha value is -4.09. The number of rotatable bonds is 9. The highest BCUT2D eigenvalue weighted by Crippen LogP contribution is 2.47. The van der Waals surface area contributed by atoms with Crippen molar-refractivity contribution in [3.63, 3.8) is 0 Å². The molecule has 5 rings (SSSR count). The summed E-state index contributed by atoms with van der Waals surface area (Å²) in [5, 5.41) is 12.7. The number of β-lactam (4-membered cyclic amide) rings is 1. The number of carbonyl (C=O) groups excluding carboxylic acids is 2. The van der Waals surface area contributed by atoms with Gasteiger partial charge in [-0.1, -0.05) is 30.3 Å². The van der Waals surface area contributed by atoms with E-state index >= 15 is 0 Å². The number of nitrogens with one attached hydrogen (secondary N) is 1. The lowest BCUT2D eigenvalue weighted by Crippen LogP contribution is -2.81. The van der Waals surface area contributed by atoms with Crippen LogP contribution in [0.4, 0.5) is 0 Å². The van der Waals surface area contributed by atoms with Crippen LogP contribution in [0.2, 0.25) is 0 Å². The fourth-order valence-electron chi connectivity index (χ4n) is 4.55. The zero-order valence-corrected chi connectivity index (χ0v) is 21.2. The molecule has 2 atom stereocenters. The van der Waals surface area contributed by atoms with Crippen molar-refractivity contribution in [1.29, 1.82) is 0 Å². The molecule has 0 saturated carbocycles. The summed E-state index contributed by atoms with van der Waals surface area (Å²) in [7, 11) is 0. The molecule has 0 radical (unpaired) electrons. The highest BCUT2D eigenvalue weighted by Gasteiger charge is 2.66. The molecule has 2 aliphatic heterocycles. The third-order valence-electron chi connectivity index (χ3n) is 6.22. The molecule has 0 spiro atoms. The van der Waals surface area contributed by atoms with Crippen molar-refractivity contribution >= 4 is 40.5 Å². The van der Waals surface area contributed by atoms with Crippen molar-refractivity contribution in [2.24, 2.45) is 0 Å². The van der Waals surface area contributed by atoms with Gasteiger partial charge in [0.25, 0.3) is 11.6 Å². The van der Waals surface area contributed by atoms with E-state index in [0.717, 1.165) is 10.5 Å². The van der Waals surface area contributed by atoms with E-state index in [1.807, 2.05) is 18.2 Å². The Bertz CT molecular complexity index is 1500. The molecule has 1 fully saturated rings. The molecule has 196 valence electrons. The largest absolute Gasteiger partial charge is 0.489 e. The van der Waals surface area contributed by atoms with Gasteiger partial charge in [0.2, 0.25) is 5.91 Å². The number of carboxylic acids is 1. The molecule has 0 aliphatic carbocycles. The Morgan fingerprint density at radius 1 is 1.16 bits per heavy atom. The molecule has 10 nitrogen and oxygen atoms in total. The van der Waals surface area contributed by atoms with Gasteiger partial charge in [0.1, 0.15) is 29.0 Å². The zero-order valence-electron chi connectivity index (χ0n) is 20.3. The Morgan fingerprint density at radius 3 is 2.66 bits per heavy atom. The van der Waals surface area contributed by atoms with Crippen LogP contribution in [-0.4, -0.2) is 57.9 Å². The SMILES string of the molecule is CCO[C@@]1(NC(=O)Cc2ccccc2)C(=O)N2C(C(=O)O)=C(COc3ccc4ccc(=O)oc4c3)CS[C@@H]21. The van der Waals surface area contributed by atoms with Gasteiger partial charge >= 0.3 is 11.6 Å². The van der Waals surface area contributed by atoms with Crippen molar-refractivity contribution < 1.29 is 33.4 Å². The normalized spacial score (nSPS) is 20.6. The van der Waals surface area contributed by atoms with Gasteiger partial charge in [-0.2, -0.15) is 0 Å². The van der Waals surface area contributed by atoms with Gasteiger partial charge in [0, 0.05) is 35.5 Å². The number of ether oxygens (including phenoxy) is 2. The molecule has 0 bridgehead atoms. The average Bonchev–Trinajstić information content (AvgIpc) is 2.91. The lowest BCUT2D eigenvalue weighted by atomic mass is 9.97. The minimum atomic E-state index is -1.66. The van der Waals surface area contributed by atoms with Crippen molar-refractivity contribution in [3.8, 4) is 5.75 Å². The van der Waals surface area contributed by atoms with E-state index in [4.69, 9.17) is 13.9 Å². The number of carbonyl (C=O) groups is 3. The molecule has 2 amide bonds. The molecule has 3 heterocycles. The van der Waals surface area contributed by atoms with Crippen molar-refractivity contribution in [3.05, 3.63) is 87.9 Å². The molecule has 11 heteroatoms. The maximum Gasteiger partial charge on any atom is 0.352 e. The number of nitrogens with zero attached hydrogens (tertiary/aromatic N) is 1. The first-order valence-corrected chi connectivity index (χ1v) is 12.9. The summed E-state index contributed by atoms with van der Waals surface area (Å²) >= 11 is 1.29. The molecule has 3 aromatic rings. The first kappa shape index (κ1) is 25.6. The molecule has 38 heavy (non-hydrogen) atoms. The summed E-state index contributed by atoms with van der Waals surface area (Å²) in [6.07, 6.45) is 0.0485. The Morgan fingerprint density at radius 2 is 1.92 bits per heavy atom. The van der Waals surface area contributed by atoms with E-state index in [1.165, 1.54) is 17.8 Å². The molecule has 2 aromatic carbocycles. The lowest BCUT2D eigenvalue weighted by Gasteiger charge is -2.56. The predicted molar refractivity (Wildman–Crippen MR) is 138 cm³/mol. The number of carboxylic acid groups (broad SMARTS) is 1. The minimum Gasteiger partial charge on any atom is -0.489 e. The Labute approximate surface area is 221 Å². The number of hydrogen-bond acceptors (Lipinski definition) is 8. The van der Waals surface area contributed by atoms with Gasteiger partial charge in [0.05, 0.1) is 6.42 Å². The third-order valence-corrected chi connectivity index (χ3v) is 7.60. The molecule has 1 saturated heterocycles. The van der Waals surface area contributed by atoms with Crippen LogP contribution in [0, 0.1) is 0 Å². The Kier molecular flexibility index (Phi) is 6.96. The number of fused-ring (bicyclic) bond motifs is 2. The molecule has 2 aliphatic rings. The van der Waals surface area contributed by atoms with E-state index in [2.05, 4.69) is 5.32 Å². The third kappa shape index (κ3) is 4.66. The minimum absolute atomic E-state index is 0.0485. The van der Waals surface area contributed by atoms with Crippen LogP contribution in [-0.2, 0) is 25.5 Å². The summed E-state index contributed by atoms with van der Waals surface area (Å²) in [6, 6.07) is 17.0. The fourth-order valence-corrected chi connectivity index (χ4v) is 5.94. The van der Waals surface area contributed by atoms with Crippen LogP contribution < -0.4 is 15.7 Å². The van der Waals surface area contributed by atoms with Crippen LogP contribution in [0.1, 0.15) is 12.5 Å². The molecular weight excluding hydrogens is 512 g/mol. The number of aliphatic carboxylic acids is 1. The number of thioether (sulfide) groups is 1. The van der Waals surface area contributed by atoms with E-state index in [0.29, 0.717) is 22.3 Å². The van der Waals surface area contributed by atoms with Gasteiger partial charge < -0.3 is 24.3 Å². The van der Waals surface area contributed by atoms with Crippen molar-refractivity contribution in [2.45, 2.75) is 24.4 Å². The maximum atomic E-state index is 13.4. The molecular formula is C27H24N2O8S. The highest BCUT2D eigenvalue weighted by atomic mass is 32.2. The summed E-state index contributed by atoms with van der Waals surface area (Å²) in [5.74, 6) is -1.73. The number of hydrogen-bond donors (Lipinski definition) is 2. The standard InChI is InChI=1S/C27H24N2O8S/c1-2-36-27(28-21(30)12-16-6-4-3-5-7-16)25(34)29-23(24(32)33)18(15-38-26(27)29)14-35-19-10-8-17-9-11-22(31)37-20(17)13-19/h3-11,13,26H,2,12,14-15H2,1H3,(H,28,30)(H,32,33)/t26-,27+/m1/s1. The zero-order chi connectivity index (χ0) is 26.9.